The van der Waals surface area contributed by atoms with Gasteiger partial charge in [-0.1, -0.05) is 97.4 Å². The Balaban J connectivity index is 2.03. The molecule has 2 N–H and O–H groups in total. The first-order chi connectivity index (χ1) is 13.8. The first-order valence-corrected chi connectivity index (χ1v) is 10.4. The Morgan fingerprint density at radius 3 is 2.00 bits per heavy atom. The van der Waals surface area contributed by atoms with Crippen molar-refractivity contribution in [2.75, 3.05) is 0 Å². The Morgan fingerprint density at radius 2 is 1.45 bits per heavy atom. The van der Waals surface area contributed by atoms with Crippen LogP contribution in [0.3, 0.4) is 0 Å². The number of aliphatic hydroxyl groups excluding tert-OH is 1. The molecule has 0 unspecified atom stereocenters. The second-order valence-corrected chi connectivity index (χ2v) is 9.05. The lowest BCUT2D eigenvalue weighted by atomic mass is 9.85. The van der Waals surface area contributed by atoms with E-state index in [0.29, 0.717) is 5.56 Å². The number of aliphatic hydroxyl groups is 1. The minimum absolute atomic E-state index is 0.209. The molecule has 0 heterocycles. The van der Waals surface area contributed by atoms with Crippen molar-refractivity contribution in [2.24, 2.45) is 4.99 Å². The van der Waals surface area contributed by atoms with E-state index >= 15 is 0 Å². The number of hydrogen-bond acceptors (Lipinski definition) is 3. The Hall–Kier alpha value is -2.43. The highest BCUT2D eigenvalue weighted by molar-refractivity contribution is 9.10. The van der Waals surface area contributed by atoms with Crippen molar-refractivity contribution in [3.05, 3.63) is 99.5 Å². The van der Waals surface area contributed by atoms with E-state index in [4.69, 9.17) is 4.99 Å². The first kappa shape index (κ1) is 21.3. The van der Waals surface area contributed by atoms with Crippen LogP contribution in [-0.2, 0) is 5.41 Å². The summed E-state index contributed by atoms with van der Waals surface area (Å²) in [5, 5.41) is 21.8. The molecule has 3 aromatic carbocycles. The van der Waals surface area contributed by atoms with E-state index in [0.717, 1.165) is 21.2 Å². The standard InChI is InChI=1S/C25H26BrNO2/c1-25(2,3)21-15-20(26)14-19(23(21)28)16-27-22(17-10-6-4-7-11-17)24(29)18-12-8-5-9-13-18/h4-16,22,24,28-29H,1-3H3/t22-,24+/m1/s1. The summed E-state index contributed by atoms with van der Waals surface area (Å²) in [6.07, 6.45) is 0.852. The Labute approximate surface area is 180 Å². The monoisotopic (exact) mass is 451 g/mol. The van der Waals surface area contributed by atoms with Gasteiger partial charge in [-0.25, -0.2) is 0 Å². The lowest BCUT2D eigenvalue weighted by Crippen LogP contribution is -2.12. The second-order valence-electron chi connectivity index (χ2n) is 8.13. The minimum Gasteiger partial charge on any atom is -0.507 e. The van der Waals surface area contributed by atoms with E-state index in [1.54, 1.807) is 6.21 Å². The van der Waals surface area contributed by atoms with Gasteiger partial charge in [-0.15, -0.1) is 0 Å². The molecule has 2 atom stereocenters. The number of nitrogens with zero attached hydrogens (tertiary/aromatic N) is 1. The van der Waals surface area contributed by atoms with Crippen LogP contribution < -0.4 is 0 Å². The molecule has 0 fully saturated rings. The van der Waals surface area contributed by atoms with Crippen LogP contribution in [0.15, 0.2) is 82.3 Å². The van der Waals surface area contributed by atoms with Crippen LogP contribution in [0.4, 0.5) is 0 Å². The zero-order valence-corrected chi connectivity index (χ0v) is 18.5. The zero-order valence-electron chi connectivity index (χ0n) is 16.9. The van der Waals surface area contributed by atoms with Gasteiger partial charge < -0.3 is 10.2 Å². The summed E-state index contributed by atoms with van der Waals surface area (Å²) in [6.45, 7) is 6.17. The molecule has 3 aromatic rings. The summed E-state index contributed by atoms with van der Waals surface area (Å²) in [4.78, 5) is 4.71. The highest BCUT2D eigenvalue weighted by Crippen LogP contribution is 2.36. The quantitative estimate of drug-likeness (QED) is 0.444. The van der Waals surface area contributed by atoms with Crippen LogP contribution in [0.1, 0.15) is 55.2 Å². The molecular formula is C25H26BrNO2. The molecule has 3 nitrogen and oxygen atoms in total. The van der Waals surface area contributed by atoms with Crippen LogP contribution in [0, 0.1) is 0 Å². The molecule has 0 aliphatic rings. The highest BCUT2D eigenvalue weighted by Gasteiger charge is 2.23. The fourth-order valence-corrected chi connectivity index (χ4v) is 3.76. The highest BCUT2D eigenvalue weighted by atomic mass is 79.9. The van der Waals surface area contributed by atoms with Crippen molar-refractivity contribution in [3.8, 4) is 5.75 Å². The maximum Gasteiger partial charge on any atom is 0.128 e. The van der Waals surface area contributed by atoms with E-state index in [9.17, 15) is 10.2 Å². The smallest absolute Gasteiger partial charge is 0.128 e. The van der Waals surface area contributed by atoms with Gasteiger partial charge in [0.2, 0.25) is 0 Å². The maximum absolute atomic E-state index is 11.0. The number of aliphatic imine (C=N–C) groups is 1. The SMILES string of the molecule is CC(C)(C)c1cc(Br)cc(C=N[C@H](c2ccccc2)[C@@H](O)c2ccccc2)c1O. The normalized spacial score (nSPS) is 14.1. The lowest BCUT2D eigenvalue weighted by molar-refractivity contribution is 0.148. The molecule has 3 rings (SSSR count). The third kappa shape index (κ3) is 5.14. The zero-order chi connectivity index (χ0) is 21.0. The Bertz CT molecular complexity index is 979. The van der Waals surface area contributed by atoms with Gasteiger partial charge in [0.1, 0.15) is 17.9 Å². The number of halogens is 1. The van der Waals surface area contributed by atoms with Crippen LogP contribution in [0.2, 0.25) is 0 Å². The number of benzene rings is 3. The topological polar surface area (TPSA) is 52.8 Å². The fraction of sp³-hybridized carbons (Fsp3) is 0.240. The molecule has 0 saturated carbocycles. The van der Waals surface area contributed by atoms with Gasteiger partial charge in [0.05, 0.1) is 0 Å². The fourth-order valence-electron chi connectivity index (χ4n) is 3.28. The van der Waals surface area contributed by atoms with Gasteiger partial charge in [0.25, 0.3) is 0 Å². The Kier molecular flexibility index (Phi) is 6.56. The van der Waals surface area contributed by atoms with Gasteiger partial charge in [-0.2, -0.15) is 0 Å². The molecule has 29 heavy (non-hydrogen) atoms. The molecule has 0 amide bonds. The van der Waals surface area contributed by atoms with E-state index < -0.39 is 12.1 Å². The van der Waals surface area contributed by atoms with E-state index in [-0.39, 0.29) is 11.2 Å². The molecule has 0 aromatic heterocycles. The lowest BCUT2D eigenvalue weighted by Gasteiger charge is -2.22. The number of hydrogen-bond donors (Lipinski definition) is 2. The first-order valence-electron chi connectivity index (χ1n) is 9.61. The van der Waals surface area contributed by atoms with Crippen molar-refractivity contribution in [1.82, 2.24) is 0 Å². The summed E-state index contributed by atoms with van der Waals surface area (Å²) in [5.74, 6) is 0.213. The largest absolute Gasteiger partial charge is 0.507 e. The average molecular weight is 452 g/mol. The average Bonchev–Trinajstić information content (AvgIpc) is 2.70. The summed E-state index contributed by atoms with van der Waals surface area (Å²) in [7, 11) is 0. The molecule has 4 heteroatoms. The van der Waals surface area contributed by atoms with Crippen LogP contribution in [0.25, 0.3) is 0 Å². The summed E-state index contributed by atoms with van der Waals surface area (Å²) in [5.41, 5.74) is 2.95. The number of aromatic hydroxyl groups is 1. The van der Waals surface area contributed by atoms with Crippen LogP contribution in [0.5, 0.6) is 5.75 Å². The molecule has 0 aliphatic carbocycles. The van der Waals surface area contributed by atoms with Crippen molar-refractivity contribution < 1.29 is 10.2 Å². The van der Waals surface area contributed by atoms with Gasteiger partial charge in [0.15, 0.2) is 0 Å². The third-order valence-corrected chi connectivity index (χ3v) is 5.33. The number of rotatable bonds is 5. The summed E-state index contributed by atoms with van der Waals surface area (Å²) in [6, 6.07) is 22.5. The third-order valence-electron chi connectivity index (χ3n) is 4.87. The summed E-state index contributed by atoms with van der Waals surface area (Å²) >= 11 is 3.54. The Morgan fingerprint density at radius 1 is 0.897 bits per heavy atom. The molecule has 0 aliphatic heterocycles. The van der Waals surface area contributed by atoms with Crippen molar-refractivity contribution in [2.45, 2.75) is 38.3 Å². The molecule has 0 bridgehead atoms. The van der Waals surface area contributed by atoms with Crippen molar-refractivity contribution >= 4 is 22.1 Å². The van der Waals surface area contributed by atoms with Crippen molar-refractivity contribution in [1.29, 1.82) is 0 Å². The van der Waals surface area contributed by atoms with Crippen LogP contribution >= 0.6 is 15.9 Å². The molecule has 0 saturated heterocycles. The molecule has 0 radical (unpaired) electrons. The number of phenolic OH excluding ortho intramolecular Hbond substituents is 1. The predicted octanol–water partition coefficient (Wildman–Crippen LogP) is 6.35. The van der Waals surface area contributed by atoms with E-state index in [2.05, 4.69) is 36.7 Å². The van der Waals surface area contributed by atoms with Gasteiger partial charge in [-0.3, -0.25) is 4.99 Å². The van der Waals surface area contributed by atoms with E-state index in [1.165, 1.54) is 0 Å². The van der Waals surface area contributed by atoms with Gasteiger partial charge in [0, 0.05) is 21.8 Å². The molecular weight excluding hydrogens is 426 g/mol. The van der Waals surface area contributed by atoms with Crippen molar-refractivity contribution in [3.63, 3.8) is 0 Å². The van der Waals surface area contributed by atoms with Gasteiger partial charge in [-0.05, 0) is 28.7 Å². The second kappa shape index (κ2) is 8.93. The van der Waals surface area contributed by atoms with Crippen LogP contribution in [-0.4, -0.2) is 16.4 Å². The predicted molar refractivity (Wildman–Crippen MR) is 123 cm³/mol. The van der Waals surface area contributed by atoms with Gasteiger partial charge >= 0.3 is 0 Å². The summed E-state index contributed by atoms with van der Waals surface area (Å²) < 4.78 is 0.876. The minimum atomic E-state index is -0.800. The van der Waals surface area contributed by atoms with E-state index in [1.807, 2.05) is 72.8 Å². The maximum atomic E-state index is 11.0. The molecule has 0 spiro atoms. The number of phenols is 1. The molecule has 150 valence electrons.